The minimum absolute atomic E-state index is 0.0333. The number of ether oxygens (including phenoxy) is 1. The van der Waals surface area contributed by atoms with Crippen LogP contribution >= 0.6 is 0 Å². The molecule has 160 valence electrons. The smallest absolute Gasteiger partial charge is 0.277 e. The lowest BCUT2D eigenvalue weighted by molar-refractivity contribution is 0.0995. The van der Waals surface area contributed by atoms with E-state index in [1.807, 2.05) is 6.07 Å². The number of hydrogen-bond acceptors (Lipinski definition) is 8. The summed E-state index contributed by atoms with van der Waals surface area (Å²) in [6, 6.07) is 3.82. The highest BCUT2D eigenvalue weighted by Crippen LogP contribution is 2.36. The van der Waals surface area contributed by atoms with Crippen molar-refractivity contribution in [2.45, 2.75) is 37.5 Å². The van der Waals surface area contributed by atoms with Gasteiger partial charge in [-0.2, -0.15) is 5.10 Å². The molecule has 2 saturated heterocycles. The predicted molar refractivity (Wildman–Crippen MR) is 109 cm³/mol. The van der Waals surface area contributed by atoms with Crippen molar-refractivity contribution in [3.05, 3.63) is 42.2 Å². The number of nitrogens with zero attached hydrogens (tertiary/aromatic N) is 4. The zero-order valence-corrected chi connectivity index (χ0v) is 16.7. The molecule has 5 heterocycles. The molecule has 3 aromatic rings. The van der Waals surface area contributed by atoms with Crippen LogP contribution in [0.25, 0.3) is 11.5 Å². The third kappa shape index (κ3) is 3.75. The lowest BCUT2D eigenvalue weighted by atomic mass is 9.95. The molecule has 11 nitrogen and oxygen atoms in total. The molecule has 0 aromatic carbocycles. The quantitative estimate of drug-likeness (QED) is 0.540. The third-order valence-electron chi connectivity index (χ3n) is 5.49. The molecule has 0 unspecified atom stereocenters. The Balaban J connectivity index is 1.30. The minimum atomic E-state index is -0.741. The number of amides is 2. The number of nitrogens with two attached hydrogens (primary N) is 1. The molecule has 2 aliphatic rings. The maximum Gasteiger partial charge on any atom is 0.277 e. The van der Waals surface area contributed by atoms with Gasteiger partial charge in [-0.3, -0.25) is 14.3 Å². The van der Waals surface area contributed by atoms with Gasteiger partial charge in [0, 0.05) is 25.0 Å². The molecule has 0 saturated carbocycles. The first kappa shape index (κ1) is 19.2. The number of anilines is 2. The van der Waals surface area contributed by atoms with E-state index in [1.54, 1.807) is 19.3 Å². The van der Waals surface area contributed by atoms with E-state index < -0.39 is 11.8 Å². The number of rotatable bonds is 6. The molecule has 3 aromatic heterocycles. The van der Waals surface area contributed by atoms with Crippen LogP contribution in [0.1, 0.15) is 40.2 Å². The fourth-order valence-corrected chi connectivity index (χ4v) is 4.08. The molecule has 3 atom stereocenters. The molecule has 0 spiro atoms. The van der Waals surface area contributed by atoms with Gasteiger partial charge in [-0.15, -0.1) is 0 Å². The highest BCUT2D eigenvalue weighted by molar-refractivity contribution is 6.07. The van der Waals surface area contributed by atoms with Crippen LogP contribution in [0.5, 0.6) is 0 Å². The van der Waals surface area contributed by atoms with Crippen LogP contribution in [0.3, 0.4) is 0 Å². The first-order valence-corrected chi connectivity index (χ1v) is 9.95. The number of aryl methyl sites for hydroxylation is 1. The van der Waals surface area contributed by atoms with Crippen molar-refractivity contribution in [3.63, 3.8) is 0 Å². The fourth-order valence-electron chi connectivity index (χ4n) is 4.08. The first-order chi connectivity index (χ1) is 15.0. The Kier molecular flexibility index (Phi) is 4.66. The number of fused-ring (bicyclic) bond motifs is 2. The van der Waals surface area contributed by atoms with Crippen molar-refractivity contribution < 1.29 is 18.7 Å². The van der Waals surface area contributed by atoms with Crippen LogP contribution in [0.15, 0.2) is 35.2 Å². The summed E-state index contributed by atoms with van der Waals surface area (Å²) in [7, 11) is 1.62. The van der Waals surface area contributed by atoms with Gasteiger partial charge >= 0.3 is 0 Å². The van der Waals surface area contributed by atoms with Crippen LogP contribution in [-0.2, 0) is 11.8 Å². The van der Waals surface area contributed by atoms with Crippen molar-refractivity contribution in [2.75, 3.05) is 10.6 Å². The molecule has 0 aliphatic carbocycles. The molecule has 5 rings (SSSR count). The van der Waals surface area contributed by atoms with Crippen molar-refractivity contribution in [1.29, 1.82) is 0 Å². The zero-order chi connectivity index (χ0) is 21.5. The summed E-state index contributed by atoms with van der Waals surface area (Å²) >= 11 is 0. The Labute approximate surface area is 177 Å². The van der Waals surface area contributed by atoms with Gasteiger partial charge in [0.15, 0.2) is 11.4 Å². The maximum atomic E-state index is 12.6. The van der Waals surface area contributed by atoms with E-state index in [2.05, 4.69) is 25.7 Å². The van der Waals surface area contributed by atoms with Crippen molar-refractivity contribution >= 4 is 23.3 Å². The van der Waals surface area contributed by atoms with Crippen molar-refractivity contribution in [3.8, 4) is 11.5 Å². The zero-order valence-electron chi connectivity index (χ0n) is 16.7. The molecule has 0 radical (unpaired) electrons. The van der Waals surface area contributed by atoms with Crippen molar-refractivity contribution in [2.24, 2.45) is 12.8 Å². The average molecular weight is 423 g/mol. The van der Waals surface area contributed by atoms with Crippen LogP contribution in [-0.4, -0.2) is 49.8 Å². The van der Waals surface area contributed by atoms with Crippen LogP contribution in [0, 0.1) is 0 Å². The summed E-state index contributed by atoms with van der Waals surface area (Å²) in [5, 5.41) is 9.95. The van der Waals surface area contributed by atoms with E-state index in [0.717, 1.165) is 19.3 Å². The average Bonchev–Trinajstić information content (AvgIpc) is 3.52. The molecule has 11 heteroatoms. The molecular formula is C20H21N7O4. The summed E-state index contributed by atoms with van der Waals surface area (Å²) in [6.45, 7) is 0. The number of aromatic nitrogens is 4. The molecule has 31 heavy (non-hydrogen) atoms. The Hall–Kier alpha value is -3.73. The highest BCUT2D eigenvalue weighted by Gasteiger charge is 2.40. The van der Waals surface area contributed by atoms with Crippen LogP contribution in [0.2, 0.25) is 0 Å². The molecular weight excluding hydrogens is 402 g/mol. The SMILES string of the molecule is Cn1cc(NC(=O)c2coc(-c3ccnc(N[C@H]4C[C@H]5CC[C@@H]4O5)c3)n2)c(C(N)=O)n1. The molecule has 2 fully saturated rings. The fraction of sp³-hybridized carbons (Fsp3) is 0.350. The number of hydrogen-bond donors (Lipinski definition) is 3. The summed E-state index contributed by atoms with van der Waals surface area (Å²) in [5.41, 5.74) is 6.20. The second-order valence-corrected chi connectivity index (χ2v) is 7.71. The molecule has 2 amide bonds. The van der Waals surface area contributed by atoms with Gasteiger partial charge in [-0.1, -0.05) is 0 Å². The van der Waals surface area contributed by atoms with E-state index in [1.165, 1.54) is 17.1 Å². The third-order valence-corrected chi connectivity index (χ3v) is 5.49. The number of primary amides is 1. The Morgan fingerprint density at radius 1 is 1.32 bits per heavy atom. The lowest BCUT2D eigenvalue weighted by Gasteiger charge is -2.20. The largest absolute Gasteiger partial charge is 0.444 e. The second kappa shape index (κ2) is 7.51. The summed E-state index contributed by atoms with van der Waals surface area (Å²) < 4.78 is 12.8. The van der Waals surface area contributed by atoms with E-state index in [4.69, 9.17) is 14.9 Å². The lowest BCUT2D eigenvalue weighted by Crippen LogP contribution is -2.30. The molecule has 2 bridgehead atoms. The molecule has 4 N–H and O–H groups in total. The topological polar surface area (TPSA) is 150 Å². The van der Waals surface area contributed by atoms with Gasteiger partial charge in [0.05, 0.1) is 23.9 Å². The van der Waals surface area contributed by atoms with Gasteiger partial charge in [0.25, 0.3) is 11.8 Å². The summed E-state index contributed by atoms with van der Waals surface area (Å²) in [5.74, 6) is -0.308. The van der Waals surface area contributed by atoms with E-state index >= 15 is 0 Å². The number of oxazole rings is 1. The van der Waals surface area contributed by atoms with E-state index in [9.17, 15) is 9.59 Å². The van der Waals surface area contributed by atoms with Gasteiger partial charge in [0.1, 0.15) is 12.1 Å². The number of carbonyl (C=O) groups is 2. The molecule has 2 aliphatic heterocycles. The second-order valence-electron chi connectivity index (χ2n) is 7.71. The normalized spacial score (nSPS) is 21.9. The first-order valence-electron chi connectivity index (χ1n) is 9.95. The van der Waals surface area contributed by atoms with Crippen molar-refractivity contribution in [1.82, 2.24) is 19.7 Å². The van der Waals surface area contributed by atoms with Gasteiger partial charge in [0.2, 0.25) is 5.89 Å². The summed E-state index contributed by atoms with van der Waals surface area (Å²) in [4.78, 5) is 32.7. The number of nitrogens with one attached hydrogen (secondary N) is 2. The Morgan fingerprint density at radius 3 is 2.94 bits per heavy atom. The highest BCUT2D eigenvalue weighted by atomic mass is 16.5. The van der Waals surface area contributed by atoms with Gasteiger partial charge < -0.3 is 25.5 Å². The standard InChI is InChI=1S/C20H21N7O4/c1-27-8-13(17(26-27)18(21)28)24-19(29)14-9-30-20(25-14)10-4-5-22-16(6-10)23-12-7-11-2-3-15(12)31-11/h4-6,8-9,11-12,15H,2-3,7H2,1H3,(H2,21,28)(H,22,23)(H,24,29)/t11-,12+,15+/m1/s1. The van der Waals surface area contributed by atoms with Crippen LogP contribution < -0.4 is 16.4 Å². The Morgan fingerprint density at radius 2 is 2.19 bits per heavy atom. The minimum Gasteiger partial charge on any atom is -0.444 e. The van der Waals surface area contributed by atoms with Gasteiger partial charge in [-0.05, 0) is 31.4 Å². The Bertz CT molecular complexity index is 1150. The van der Waals surface area contributed by atoms with E-state index in [0.29, 0.717) is 17.5 Å². The monoisotopic (exact) mass is 423 g/mol. The van der Waals surface area contributed by atoms with Gasteiger partial charge in [-0.25, -0.2) is 9.97 Å². The number of carbonyl (C=O) groups excluding carboxylic acids is 2. The number of pyridine rings is 1. The maximum absolute atomic E-state index is 12.6. The predicted octanol–water partition coefficient (Wildman–Crippen LogP) is 1.55. The summed E-state index contributed by atoms with van der Waals surface area (Å²) in [6.07, 6.45) is 8.12. The van der Waals surface area contributed by atoms with Crippen LogP contribution in [0.4, 0.5) is 11.5 Å². The van der Waals surface area contributed by atoms with E-state index in [-0.39, 0.29) is 35.1 Å².